The summed E-state index contributed by atoms with van der Waals surface area (Å²) < 4.78 is 0. The minimum absolute atomic E-state index is 0.0388. The smallest absolute Gasteiger partial charge is 0.267 e. The largest absolute Gasteiger partial charge is 0.279 e. The van der Waals surface area contributed by atoms with Gasteiger partial charge in [-0.05, 0) is 42.9 Å². The van der Waals surface area contributed by atoms with Gasteiger partial charge in [0.1, 0.15) is 0 Å². The summed E-state index contributed by atoms with van der Waals surface area (Å²) in [6.45, 7) is 2.19. The predicted molar refractivity (Wildman–Crippen MR) is 98.5 cm³/mol. The van der Waals surface area contributed by atoms with E-state index < -0.39 is 16.7 Å². The molecule has 26 heavy (non-hydrogen) atoms. The number of aryl methyl sites for hydroxylation is 1. The molecule has 1 atom stereocenters. The Labute approximate surface area is 158 Å². The van der Waals surface area contributed by atoms with Crippen LogP contribution in [0.3, 0.4) is 0 Å². The van der Waals surface area contributed by atoms with Crippen LogP contribution < -0.4 is 10.9 Å². The maximum Gasteiger partial charge on any atom is 0.279 e. The molecule has 1 aliphatic rings. The number of nitro groups is 1. The summed E-state index contributed by atoms with van der Waals surface area (Å²) in [5, 5.41) is 10.6. The van der Waals surface area contributed by atoms with Gasteiger partial charge in [-0.3, -0.25) is 30.6 Å². The number of carbonyl (C=O) groups excluding carboxylic acids is 2. The molecule has 0 aliphatic heterocycles. The summed E-state index contributed by atoms with van der Waals surface area (Å²) in [6, 6.07) is 5.38. The fourth-order valence-electron chi connectivity index (χ4n) is 2.86. The van der Waals surface area contributed by atoms with Crippen LogP contribution in [0.25, 0.3) is 0 Å². The topological polar surface area (TPSA) is 101 Å². The van der Waals surface area contributed by atoms with Gasteiger partial charge in [0.05, 0.1) is 20.4 Å². The number of thiophene rings is 1. The van der Waals surface area contributed by atoms with Crippen molar-refractivity contribution in [2.45, 2.75) is 26.2 Å². The molecule has 9 heteroatoms. The van der Waals surface area contributed by atoms with Gasteiger partial charge in [0.25, 0.3) is 17.5 Å². The summed E-state index contributed by atoms with van der Waals surface area (Å²) in [5.74, 6) is -0.436. The number of hydrazine groups is 1. The summed E-state index contributed by atoms with van der Waals surface area (Å²) in [5.41, 5.74) is 5.67. The summed E-state index contributed by atoms with van der Waals surface area (Å²) in [6.07, 6.45) is 3.05. The van der Waals surface area contributed by atoms with Crippen LogP contribution in [0.5, 0.6) is 0 Å². The van der Waals surface area contributed by atoms with Gasteiger partial charge < -0.3 is 0 Å². The second kappa shape index (κ2) is 7.43. The molecule has 136 valence electrons. The van der Waals surface area contributed by atoms with Crippen LogP contribution in [-0.4, -0.2) is 16.7 Å². The number of nitrogens with zero attached hydrogens (tertiary/aromatic N) is 1. The monoisotopic (exact) mass is 393 g/mol. The zero-order chi connectivity index (χ0) is 18.8. The number of benzene rings is 1. The van der Waals surface area contributed by atoms with Gasteiger partial charge in [-0.2, -0.15) is 0 Å². The van der Waals surface area contributed by atoms with E-state index in [1.165, 1.54) is 33.9 Å². The number of carbonyl (C=O) groups is 2. The SMILES string of the molecule is C[C@H]1CCc2sc(C(=O)NNC(=O)c3ccc([N+](=O)[O-])cc3Cl)cc2C1. The van der Waals surface area contributed by atoms with E-state index in [4.69, 9.17) is 11.6 Å². The van der Waals surface area contributed by atoms with Gasteiger partial charge >= 0.3 is 0 Å². The first-order valence-corrected chi connectivity index (χ1v) is 9.21. The average Bonchev–Trinajstić information content (AvgIpc) is 3.02. The van der Waals surface area contributed by atoms with Crippen molar-refractivity contribution in [2.75, 3.05) is 0 Å². The van der Waals surface area contributed by atoms with Gasteiger partial charge in [-0.25, -0.2) is 0 Å². The summed E-state index contributed by atoms with van der Waals surface area (Å²) in [4.78, 5) is 36.3. The predicted octanol–water partition coefficient (Wildman–Crippen LogP) is 3.51. The molecule has 0 saturated carbocycles. The Hall–Kier alpha value is -2.45. The van der Waals surface area contributed by atoms with E-state index in [-0.39, 0.29) is 16.3 Å². The van der Waals surface area contributed by atoms with E-state index in [0.717, 1.165) is 25.3 Å². The van der Waals surface area contributed by atoms with Gasteiger partial charge in [0, 0.05) is 17.0 Å². The Morgan fingerprint density at radius 1 is 1.27 bits per heavy atom. The highest BCUT2D eigenvalue weighted by atomic mass is 35.5. The van der Waals surface area contributed by atoms with Gasteiger partial charge in [0.2, 0.25) is 0 Å². The fraction of sp³-hybridized carbons (Fsp3) is 0.294. The molecule has 0 radical (unpaired) electrons. The Morgan fingerprint density at radius 3 is 2.69 bits per heavy atom. The Kier molecular flexibility index (Phi) is 5.24. The zero-order valence-corrected chi connectivity index (χ0v) is 15.4. The third-order valence-corrected chi connectivity index (χ3v) is 5.80. The molecule has 7 nitrogen and oxygen atoms in total. The van der Waals surface area contributed by atoms with Crippen molar-refractivity contribution in [3.63, 3.8) is 0 Å². The number of rotatable bonds is 3. The summed E-state index contributed by atoms with van der Waals surface area (Å²) >= 11 is 7.34. The van der Waals surface area contributed by atoms with E-state index in [0.29, 0.717) is 10.8 Å². The van der Waals surface area contributed by atoms with Gasteiger partial charge in [-0.1, -0.05) is 18.5 Å². The van der Waals surface area contributed by atoms with Crippen molar-refractivity contribution in [3.8, 4) is 0 Å². The molecule has 1 aromatic carbocycles. The number of nitrogens with one attached hydrogen (secondary N) is 2. The molecule has 1 aromatic heterocycles. The lowest BCUT2D eigenvalue weighted by molar-refractivity contribution is -0.384. The van der Waals surface area contributed by atoms with Crippen molar-refractivity contribution in [1.29, 1.82) is 0 Å². The number of non-ortho nitro benzene ring substituents is 1. The normalized spacial score (nSPS) is 15.8. The molecule has 3 rings (SSSR count). The van der Waals surface area contributed by atoms with E-state index in [1.54, 1.807) is 0 Å². The maximum atomic E-state index is 12.3. The number of hydrogen-bond acceptors (Lipinski definition) is 5. The van der Waals surface area contributed by atoms with Gasteiger partial charge in [-0.15, -0.1) is 11.3 Å². The average molecular weight is 394 g/mol. The number of amides is 2. The Balaban J connectivity index is 1.64. The zero-order valence-electron chi connectivity index (χ0n) is 13.9. The van der Waals surface area contributed by atoms with Crippen molar-refractivity contribution in [2.24, 2.45) is 5.92 Å². The molecule has 0 fully saturated rings. The van der Waals surface area contributed by atoms with E-state index in [9.17, 15) is 19.7 Å². The number of hydrogen-bond donors (Lipinski definition) is 2. The highest BCUT2D eigenvalue weighted by molar-refractivity contribution is 7.14. The van der Waals surface area contributed by atoms with Crippen molar-refractivity contribution in [3.05, 3.63) is 60.3 Å². The third kappa shape index (κ3) is 3.86. The molecule has 0 saturated heterocycles. The minimum atomic E-state index is -0.645. The molecule has 0 unspecified atom stereocenters. The Bertz CT molecular complexity index is 896. The molecule has 2 aromatic rings. The first-order valence-electron chi connectivity index (χ1n) is 8.01. The first-order chi connectivity index (χ1) is 12.3. The molecule has 2 N–H and O–H groups in total. The molecule has 0 bridgehead atoms. The van der Waals surface area contributed by atoms with Crippen LogP contribution in [0.15, 0.2) is 24.3 Å². The first kappa shape index (κ1) is 18.3. The molecule has 2 amide bonds. The highest BCUT2D eigenvalue weighted by Gasteiger charge is 2.21. The van der Waals surface area contributed by atoms with Crippen LogP contribution in [0.1, 0.15) is 43.8 Å². The van der Waals surface area contributed by atoms with Crippen LogP contribution in [0.4, 0.5) is 5.69 Å². The molecule has 1 heterocycles. The van der Waals surface area contributed by atoms with Crippen molar-refractivity contribution >= 4 is 40.4 Å². The van der Waals surface area contributed by atoms with E-state index >= 15 is 0 Å². The molecule has 0 spiro atoms. The van der Waals surface area contributed by atoms with Gasteiger partial charge in [0.15, 0.2) is 0 Å². The van der Waals surface area contributed by atoms with Crippen LogP contribution in [0.2, 0.25) is 5.02 Å². The molecule has 1 aliphatic carbocycles. The number of halogens is 1. The van der Waals surface area contributed by atoms with Crippen LogP contribution >= 0.6 is 22.9 Å². The van der Waals surface area contributed by atoms with Crippen molar-refractivity contribution < 1.29 is 14.5 Å². The quantitative estimate of drug-likeness (QED) is 0.615. The molecular weight excluding hydrogens is 378 g/mol. The van der Waals surface area contributed by atoms with Crippen molar-refractivity contribution in [1.82, 2.24) is 10.9 Å². The maximum absolute atomic E-state index is 12.3. The van der Waals surface area contributed by atoms with E-state index in [2.05, 4.69) is 17.8 Å². The van der Waals surface area contributed by atoms with E-state index in [1.807, 2.05) is 6.07 Å². The lowest BCUT2D eigenvalue weighted by Gasteiger charge is -2.16. The minimum Gasteiger partial charge on any atom is -0.267 e. The standard InChI is InChI=1S/C17H16ClN3O4S/c1-9-2-5-14-10(6-9)7-15(26-14)17(23)20-19-16(22)12-4-3-11(21(24)25)8-13(12)18/h3-4,7-9H,2,5-6H2,1H3,(H,19,22)(H,20,23)/t9-/m0/s1. The second-order valence-electron chi connectivity index (χ2n) is 6.24. The summed E-state index contributed by atoms with van der Waals surface area (Å²) in [7, 11) is 0. The van der Waals surface area contributed by atoms with Crippen LogP contribution in [-0.2, 0) is 12.8 Å². The molecular formula is C17H16ClN3O4S. The lowest BCUT2D eigenvalue weighted by atomic mass is 9.90. The second-order valence-corrected chi connectivity index (χ2v) is 7.78. The highest BCUT2D eigenvalue weighted by Crippen LogP contribution is 2.32. The third-order valence-electron chi connectivity index (χ3n) is 4.25. The lowest BCUT2D eigenvalue weighted by Crippen LogP contribution is -2.41. The number of fused-ring (bicyclic) bond motifs is 1. The van der Waals surface area contributed by atoms with Crippen LogP contribution in [0, 0.1) is 16.0 Å². The Morgan fingerprint density at radius 2 is 2.00 bits per heavy atom. The number of nitro benzene ring substituents is 1. The fourth-order valence-corrected chi connectivity index (χ4v) is 4.23.